The van der Waals surface area contributed by atoms with Crippen LogP contribution in [-0.4, -0.2) is 16.3 Å². The fraction of sp³-hybridized carbons (Fsp3) is 0.200. The molecule has 1 aliphatic rings. The first-order chi connectivity index (χ1) is 11.7. The summed E-state index contributed by atoms with van der Waals surface area (Å²) in [6.45, 7) is 0. The van der Waals surface area contributed by atoms with Gasteiger partial charge < -0.3 is 16.2 Å². The van der Waals surface area contributed by atoms with Crippen LogP contribution >= 0.6 is 0 Å². The van der Waals surface area contributed by atoms with Gasteiger partial charge >= 0.3 is 0 Å². The molecule has 1 aliphatic carbocycles. The first kappa shape index (κ1) is 14.7. The quantitative estimate of drug-likeness (QED) is 0.492. The van der Waals surface area contributed by atoms with Crippen molar-refractivity contribution < 1.29 is 5.11 Å². The molecular weight excluding hydrogens is 298 g/mol. The Bertz CT molecular complexity index is 945. The first-order valence-electron chi connectivity index (χ1n) is 8.23. The number of nitrogens with zero attached hydrogens (tertiary/aromatic N) is 1. The zero-order valence-electron chi connectivity index (χ0n) is 13.3. The van der Waals surface area contributed by atoms with Crippen molar-refractivity contribution in [3.8, 4) is 17.0 Å². The minimum atomic E-state index is 0.248. The molecule has 0 fully saturated rings. The highest BCUT2D eigenvalue weighted by molar-refractivity contribution is 6.04. The van der Waals surface area contributed by atoms with Gasteiger partial charge in [-0.3, -0.25) is 0 Å². The third-order valence-electron chi connectivity index (χ3n) is 4.84. The number of hydrogen-bond donors (Lipinski definition) is 3. The molecule has 4 heteroatoms. The van der Waals surface area contributed by atoms with Crippen LogP contribution in [0.2, 0.25) is 0 Å². The fourth-order valence-corrected chi connectivity index (χ4v) is 3.64. The molecule has 120 valence electrons. The van der Waals surface area contributed by atoms with E-state index in [9.17, 15) is 5.11 Å². The molecule has 0 aliphatic heterocycles. The zero-order valence-corrected chi connectivity index (χ0v) is 13.3. The Labute approximate surface area is 140 Å². The van der Waals surface area contributed by atoms with Gasteiger partial charge in [-0.25, -0.2) is 4.98 Å². The monoisotopic (exact) mass is 317 g/mol. The van der Waals surface area contributed by atoms with Crippen LogP contribution in [-0.2, 0) is 12.8 Å². The molecule has 0 unspecified atom stereocenters. The minimum absolute atomic E-state index is 0.248. The van der Waals surface area contributed by atoms with Crippen LogP contribution < -0.4 is 5.73 Å². The van der Waals surface area contributed by atoms with Gasteiger partial charge in [-0.05, 0) is 67.1 Å². The maximum Gasteiger partial charge on any atom is 0.115 e. The molecule has 4 nitrogen and oxygen atoms in total. The van der Waals surface area contributed by atoms with Gasteiger partial charge in [-0.15, -0.1) is 0 Å². The summed E-state index contributed by atoms with van der Waals surface area (Å²) in [5.74, 6) is 0.248. The zero-order chi connectivity index (χ0) is 16.7. The van der Waals surface area contributed by atoms with Crippen molar-refractivity contribution in [2.75, 3.05) is 5.73 Å². The Morgan fingerprint density at radius 3 is 2.42 bits per heavy atom. The number of aromatic hydroxyl groups is 1. The molecule has 0 amide bonds. The number of nitrogens with one attached hydrogen (secondary N) is 1. The molecule has 2 aromatic carbocycles. The normalized spacial score (nSPS) is 13.7. The highest BCUT2D eigenvalue weighted by Crippen LogP contribution is 2.37. The molecule has 1 heterocycles. The lowest BCUT2D eigenvalue weighted by Crippen LogP contribution is -2.09. The first-order valence-corrected chi connectivity index (χ1v) is 8.23. The van der Waals surface area contributed by atoms with Gasteiger partial charge in [-0.2, -0.15) is 0 Å². The van der Waals surface area contributed by atoms with Crippen LogP contribution in [0.25, 0.3) is 22.2 Å². The Kier molecular flexibility index (Phi) is 3.45. The Balaban J connectivity index is 2.09. The van der Waals surface area contributed by atoms with Gasteiger partial charge in [0.1, 0.15) is 5.75 Å². The van der Waals surface area contributed by atoms with E-state index in [0.717, 1.165) is 41.4 Å². The Morgan fingerprint density at radius 2 is 1.71 bits per heavy atom. The van der Waals surface area contributed by atoms with Crippen molar-refractivity contribution >= 4 is 22.8 Å². The van der Waals surface area contributed by atoms with Gasteiger partial charge in [-0.1, -0.05) is 6.07 Å². The van der Waals surface area contributed by atoms with Gasteiger partial charge in [0.2, 0.25) is 0 Å². The van der Waals surface area contributed by atoms with Gasteiger partial charge in [0.05, 0.1) is 11.2 Å². The number of pyridine rings is 1. The highest BCUT2D eigenvalue weighted by atomic mass is 16.3. The number of phenolic OH excluding ortho intramolecular Hbond substituents is 1. The second-order valence-corrected chi connectivity index (χ2v) is 6.28. The molecule has 0 saturated carbocycles. The number of hydrogen-bond acceptors (Lipinski definition) is 4. The number of benzene rings is 2. The van der Waals surface area contributed by atoms with E-state index in [2.05, 4.69) is 0 Å². The van der Waals surface area contributed by atoms with Crippen LogP contribution in [0.1, 0.15) is 29.5 Å². The molecule has 24 heavy (non-hydrogen) atoms. The molecule has 3 aromatic rings. The standard InChI is InChI=1S/C20H19N3O/c21-11-17-18(22)10-9-16-14-3-1-2-4-15(14)19(23-20(16)17)12-5-7-13(24)8-6-12/h5-11,21,24H,1-4,22H2. The smallest absolute Gasteiger partial charge is 0.115 e. The van der Waals surface area contributed by atoms with E-state index in [4.69, 9.17) is 16.1 Å². The topological polar surface area (TPSA) is 83.0 Å². The van der Waals surface area contributed by atoms with E-state index in [-0.39, 0.29) is 5.75 Å². The van der Waals surface area contributed by atoms with Crippen molar-refractivity contribution in [1.82, 2.24) is 4.98 Å². The number of phenols is 1. The second-order valence-electron chi connectivity index (χ2n) is 6.28. The molecule has 0 spiro atoms. The summed E-state index contributed by atoms with van der Waals surface area (Å²) >= 11 is 0. The molecule has 4 rings (SSSR count). The van der Waals surface area contributed by atoms with E-state index in [1.165, 1.54) is 23.8 Å². The van der Waals surface area contributed by atoms with Crippen molar-refractivity contribution in [2.24, 2.45) is 0 Å². The number of aryl methyl sites for hydroxylation is 1. The largest absolute Gasteiger partial charge is 0.508 e. The molecule has 0 atom stereocenters. The van der Waals surface area contributed by atoms with Crippen LogP contribution in [0, 0.1) is 5.41 Å². The van der Waals surface area contributed by atoms with Crippen molar-refractivity contribution in [1.29, 1.82) is 5.41 Å². The molecule has 0 saturated heterocycles. The van der Waals surface area contributed by atoms with Gasteiger partial charge in [0, 0.05) is 28.4 Å². The SMILES string of the molecule is N=Cc1c(N)ccc2c3c(c(-c4ccc(O)cc4)nc12)CCCC3. The number of anilines is 1. The molecule has 0 bridgehead atoms. The summed E-state index contributed by atoms with van der Waals surface area (Å²) in [6.07, 6.45) is 5.67. The fourth-order valence-electron chi connectivity index (χ4n) is 3.64. The molecule has 1 aromatic heterocycles. The predicted molar refractivity (Wildman–Crippen MR) is 97.8 cm³/mol. The summed E-state index contributed by atoms with van der Waals surface area (Å²) < 4.78 is 0. The number of nitrogen functional groups attached to an aromatic ring is 1. The van der Waals surface area contributed by atoms with Gasteiger partial charge in [0.25, 0.3) is 0 Å². The maximum atomic E-state index is 9.57. The highest BCUT2D eigenvalue weighted by Gasteiger charge is 2.20. The summed E-state index contributed by atoms with van der Waals surface area (Å²) in [5.41, 5.74) is 12.7. The minimum Gasteiger partial charge on any atom is -0.508 e. The average Bonchev–Trinajstić information content (AvgIpc) is 2.61. The van der Waals surface area contributed by atoms with E-state index in [0.29, 0.717) is 11.3 Å². The van der Waals surface area contributed by atoms with Crippen LogP contribution in [0.3, 0.4) is 0 Å². The summed E-state index contributed by atoms with van der Waals surface area (Å²) in [4.78, 5) is 4.91. The Hall–Kier alpha value is -2.88. The number of rotatable bonds is 2. The van der Waals surface area contributed by atoms with Crippen molar-refractivity contribution in [3.05, 3.63) is 53.1 Å². The molecule has 0 radical (unpaired) electrons. The van der Waals surface area contributed by atoms with E-state index in [1.807, 2.05) is 24.3 Å². The van der Waals surface area contributed by atoms with Crippen LogP contribution in [0.15, 0.2) is 36.4 Å². The molecule has 4 N–H and O–H groups in total. The third kappa shape index (κ3) is 2.22. The van der Waals surface area contributed by atoms with E-state index in [1.54, 1.807) is 12.1 Å². The van der Waals surface area contributed by atoms with E-state index < -0.39 is 0 Å². The van der Waals surface area contributed by atoms with Crippen molar-refractivity contribution in [3.63, 3.8) is 0 Å². The second kappa shape index (κ2) is 5.64. The van der Waals surface area contributed by atoms with Gasteiger partial charge in [0.15, 0.2) is 0 Å². The number of aromatic nitrogens is 1. The summed E-state index contributed by atoms with van der Waals surface area (Å²) in [7, 11) is 0. The number of nitrogens with two attached hydrogens (primary N) is 1. The van der Waals surface area contributed by atoms with Crippen LogP contribution in [0.4, 0.5) is 5.69 Å². The predicted octanol–water partition coefficient (Wildman–Crippen LogP) is 4.07. The maximum absolute atomic E-state index is 9.57. The lowest BCUT2D eigenvalue weighted by Gasteiger charge is -2.22. The van der Waals surface area contributed by atoms with Crippen LogP contribution in [0.5, 0.6) is 5.75 Å². The average molecular weight is 317 g/mol. The number of fused-ring (bicyclic) bond motifs is 3. The summed E-state index contributed by atoms with van der Waals surface area (Å²) in [6, 6.07) is 11.1. The molecular formula is C20H19N3O. The van der Waals surface area contributed by atoms with E-state index >= 15 is 0 Å². The van der Waals surface area contributed by atoms with Crippen molar-refractivity contribution in [2.45, 2.75) is 25.7 Å². The summed E-state index contributed by atoms with van der Waals surface area (Å²) in [5, 5.41) is 18.4. The Morgan fingerprint density at radius 1 is 1.00 bits per heavy atom. The lowest BCUT2D eigenvalue weighted by molar-refractivity contribution is 0.475. The third-order valence-corrected chi connectivity index (χ3v) is 4.84. The lowest BCUT2D eigenvalue weighted by atomic mass is 9.85.